The maximum Gasteiger partial charge on any atom is 0.0516 e. The molecule has 2 nitrogen and oxygen atoms in total. The first-order chi connectivity index (χ1) is 23.7. The number of unbranched alkanes of at least 4 members (excludes halogenated alkanes) is 6. The van der Waals surface area contributed by atoms with Gasteiger partial charge in [-0.2, -0.15) is 0 Å². The number of hydrogen-bond acceptors (Lipinski definition) is 2. The van der Waals surface area contributed by atoms with Crippen molar-refractivity contribution in [2.24, 2.45) is 0 Å². The molecule has 48 heavy (non-hydrogen) atoms. The van der Waals surface area contributed by atoms with Crippen molar-refractivity contribution in [3.05, 3.63) is 143 Å². The Morgan fingerprint density at radius 3 is 1.29 bits per heavy atom. The minimum absolute atomic E-state index is 0.296. The summed E-state index contributed by atoms with van der Waals surface area (Å²) < 4.78 is 0. The summed E-state index contributed by atoms with van der Waals surface area (Å²) in [4.78, 5) is 0. The van der Waals surface area contributed by atoms with Gasteiger partial charge in [0.1, 0.15) is 0 Å². The molecule has 0 amide bonds. The third kappa shape index (κ3) is 6.95. The summed E-state index contributed by atoms with van der Waals surface area (Å²) in [5.41, 5.74) is 16.9. The van der Waals surface area contributed by atoms with Gasteiger partial charge in [-0.1, -0.05) is 150 Å². The van der Waals surface area contributed by atoms with Crippen LogP contribution in [-0.2, 0) is 12.8 Å². The van der Waals surface area contributed by atoms with Crippen LogP contribution in [0.1, 0.15) is 124 Å². The highest BCUT2D eigenvalue weighted by Gasteiger charge is 2.26. The topological polar surface area (TPSA) is 24.1 Å². The fourth-order valence-electron chi connectivity index (χ4n) is 8.24. The van der Waals surface area contributed by atoms with E-state index in [1.807, 2.05) is 0 Å². The zero-order chi connectivity index (χ0) is 32.7. The Balaban J connectivity index is 1.11. The fraction of sp³-hybridized carbons (Fsp3) is 0.348. The monoisotopic (exact) mass is 632 g/mol. The number of hydrogen-bond donors (Lipinski definition) is 2. The molecule has 0 saturated carbocycles. The van der Waals surface area contributed by atoms with Crippen LogP contribution in [0.4, 0.5) is 11.4 Å². The van der Waals surface area contributed by atoms with Crippen LogP contribution in [0.3, 0.4) is 0 Å². The van der Waals surface area contributed by atoms with E-state index in [2.05, 4.69) is 134 Å². The SMILES string of the molecule is CCCCCCC(Nc1ccc(NC(CCCCCC)c2cccc3c2Cc2ccccc2-3)cc1)c1cccc2c1Cc1ccccc1-2. The van der Waals surface area contributed by atoms with Crippen LogP contribution in [0.2, 0.25) is 0 Å². The minimum atomic E-state index is 0.296. The van der Waals surface area contributed by atoms with Crippen molar-refractivity contribution >= 4 is 11.4 Å². The molecule has 0 spiro atoms. The molecule has 5 aromatic rings. The highest BCUT2D eigenvalue weighted by molar-refractivity contribution is 5.79. The van der Waals surface area contributed by atoms with Crippen LogP contribution in [-0.4, -0.2) is 0 Å². The van der Waals surface area contributed by atoms with Crippen molar-refractivity contribution in [3.8, 4) is 22.3 Å². The van der Waals surface area contributed by atoms with Crippen molar-refractivity contribution in [1.29, 1.82) is 0 Å². The van der Waals surface area contributed by atoms with Crippen LogP contribution < -0.4 is 10.6 Å². The second-order valence-corrected chi connectivity index (χ2v) is 14.1. The number of anilines is 2. The van der Waals surface area contributed by atoms with Crippen LogP contribution in [0.5, 0.6) is 0 Å². The third-order valence-corrected chi connectivity index (χ3v) is 10.8. The molecular weight excluding hydrogens is 581 g/mol. The van der Waals surface area contributed by atoms with Gasteiger partial charge in [0, 0.05) is 11.4 Å². The van der Waals surface area contributed by atoms with Crippen molar-refractivity contribution in [2.45, 2.75) is 103 Å². The molecule has 2 heteroatoms. The average molecular weight is 633 g/mol. The zero-order valence-corrected chi connectivity index (χ0v) is 29.0. The molecule has 2 unspecified atom stereocenters. The maximum absolute atomic E-state index is 4.01. The fourth-order valence-corrected chi connectivity index (χ4v) is 8.24. The molecule has 246 valence electrons. The van der Waals surface area contributed by atoms with E-state index in [4.69, 9.17) is 0 Å². The summed E-state index contributed by atoms with van der Waals surface area (Å²) in [6.45, 7) is 4.60. The van der Waals surface area contributed by atoms with Crippen molar-refractivity contribution in [2.75, 3.05) is 10.6 Å². The quantitative estimate of drug-likeness (QED) is 0.104. The Morgan fingerprint density at radius 1 is 0.438 bits per heavy atom. The first-order valence-corrected chi connectivity index (χ1v) is 18.8. The lowest BCUT2D eigenvalue weighted by Gasteiger charge is -2.25. The van der Waals surface area contributed by atoms with E-state index in [1.54, 1.807) is 0 Å². The Bertz CT molecular complexity index is 1680. The van der Waals surface area contributed by atoms with Gasteiger partial charge in [-0.25, -0.2) is 0 Å². The van der Waals surface area contributed by atoms with E-state index in [0.717, 1.165) is 25.7 Å². The van der Waals surface area contributed by atoms with Gasteiger partial charge in [-0.15, -0.1) is 0 Å². The number of fused-ring (bicyclic) bond motifs is 6. The molecular formula is C46H52N2. The third-order valence-electron chi connectivity index (χ3n) is 10.8. The standard InChI is InChI=1S/C46H52N2/c1-3-5-7-9-25-45(41-23-15-21-39-37-19-13-11-17-33(37)31-43(39)41)47-35-27-29-36(30-28-35)48-46(26-10-8-6-4-2)42-24-16-22-40-38-20-14-12-18-34(38)32-44(40)42/h11-24,27-30,45-48H,3-10,25-26,31-32H2,1-2H3. The van der Waals surface area contributed by atoms with Crippen molar-refractivity contribution in [1.82, 2.24) is 0 Å². The van der Waals surface area contributed by atoms with Gasteiger partial charge in [0.05, 0.1) is 12.1 Å². The molecule has 2 N–H and O–H groups in total. The molecule has 2 aliphatic rings. The second-order valence-electron chi connectivity index (χ2n) is 14.1. The van der Waals surface area contributed by atoms with Crippen LogP contribution in [0.25, 0.3) is 22.3 Å². The first kappa shape index (κ1) is 32.3. The summed E-state index contributed by atoms with van der Waals surface area (Å²) >= 11 is 0. The molecule has 0 fully saturated rings. The molecule has 7 rings (SSSR count). The average Bonchev–Trinajstić information content (AvgIpc) is 3.70. The Morgan fingerprint density at radius 2 is 0.854 bits per heavy atom. The van der Waals surface area contributed by atoms with Gasteiger partial charge >= 0.3 is 0 Å². The van der Waals surface area contributed by atoms with Gasteiger partial charge in [0.15, 0.2) is 0 Å². The zero-order valence-electron chi connectivity index (χ0n) is 29.0. The predicted octanol–water partition coefficient (Wildman–Crippen LogP) is 13.1. The molecule has 0 bridgehead atoms. The van der Waals surface area contributed by atoms with Gasteiger partial charge in [0.2, 0.25) is 0 Å². The van der Waals surface area contributed by atoms with Crippen LogP contribution in [0, 0.1) is 0 Å². The number of nitrogens with one attached hydrogen (secondary N) is 2. The first-order valence-electron chi connectivity index (χ1n) is 18.8. The highest BCUT2D eigenvalue weighted by atomic mass is 14.9. The second kappa shape index (κ2) is 15.3. The molecule has 2 atom stereocenters. The van der Waals surface area contributed by atoms with E-state index in [0.29, 0.717) is 12.1 Å². The molecule has 2 aliphatic carbocycles. The molecule has 0 aromatic heterocycles. The number of rotatable bonds is 16. The van der Waals surface area contributed by atoms with E-state index in [1.165, 1.54) is 118 Å². The maximum atomic E-state index is 4.01. The molecule has 0 radical (unpaired) electrons. The summed E-state index contributed by atoms with van der Waals surface area (Å²) in [7, 11) is 0. The lowest BCUT2D eigenvalue weighted by atomic mass is 9.92. The lowest BCUT2D eigenvalue weighted by molar-refractivity contribution is 0.584. The van der Waals surface area contributed by atoms with Crippen molar-refractivity contribution < 1.29 is 0 Å². The smallest absolute Gasteiger partial charge is 0.0516 e. The van der Waals surface area contributed by atoms with Gasteiger partial charge in [0.25, 0.3) is 0 Å². The van der Waals surface area contributed by atoms with E-state index < -0.39 is 0 Å². The molecule has 0 aliphatic heterocycles. The largest absolute Gasteiger partial charge is 0.378 e. The summed E-state index contributed by atoms with van der Waals surface area (Å²) in [6.07, 6.45) is 14.6. The summed E-state index contributed by atoms with van der Waals surface area (Å²) in [5.74, 6) is 0. The predicted molar refractivity (Wildman–Crippen MR) is 206 cm³/mol. The Labute approximate surface area is 289 Å². The minimum Gasteiger partial charge on any atom is -0.378 e. The van der Waals surface area contributed by atoms with E-state index in [9.17, 15) is 0 Å². The highest BCUT2D eigenvalue weighted by Crippen LogP contribution is 2.43. The molecule has 5 aromatic carbocycles. The number of benzene rings is 5. The Kier molecular flexibility index (Phi) is 10.3. The van der Waals surface area contributed by atoms with Gasteiger partial charge < -0.3 is 10.6 Å². The van der Waals surface area contributed by atoms with Crippen molar-refractivity contribution in [3.63, 3.8) is 0 Å². The summed E-state index contributed by atoms with van der Waals surface area (Å²) in [5, 5.41) is 8.01. The summed E-state index contributed by atoms with van der Waals surface area (Å²) in [6, 6.07) is 41.6. The molecule has 0 heterocycles. The van der Waals surface area contributed by atoms with Crippen LogP contribution in [0.15, 0.2) is 109 Å². The van der Waals surface area contributed by atoms with E-state index >= 15 is 0 Å². The Hall–Kier alpha value is -4.30. The van der Waals surface area contributed by atoms with E-state index in [-0.39, 0.29) is 0 Å². The lowest BCUT2D eigenvalue weighted by Crippen LogP contribution is -2.14. The van der Waals surface area contributed by atoms with Gasteiger partial charge in [-0.3, -0.25) is 0 Å². The van der Waals surface area contributed by atoms with Gasteiger partial charge in [-0.05, 0) is 106 Å². The molecule has 0 saturated heterocycles. The normalized spacial score (nSPS) is 13.7. The van der Waals surface area contributed by atoms with Crippen LogP contribution >= 0.6 is 0 Å².